The largest absolute Gasteiger partial charge is 0.497 e. The van der Waals surface area contributed by atoms with Crippen LogP contribution in [-0.4, -0.2) is 76.1 Å². The molecule has 0 spiro atoms. The van der Waals surface area contributed by atoms with Crippen LogP contribution < -0.4 is 20.7 Å². The summed E-state index contributed by atoms with van der Waals surface area (Å²) in [6, 6.07) is 13.6. The van der Waals surface area contributed by atoms with E-state index in [1.165, 1.54) is 56.7 Å². The van der Waals surface area contributed by atoms with Gasteiger partial charge in [0.2, 0.25) is 5.91 Å². The number of amides is 3. The molecule has 3 N–H and O–H groups in total. The molecule has 12 nitrogen and oxygen atoms in total. The molecule has 0 radical (unpaired) electrons. The standard InChI is InChI=1S/C33H33F4N5O7S/c1-48-16-15-38-30(43)9-6-14-39-31(44)23-18-21(49-2)11-13-26(23)42-27(19-29(41-42)33(35,36)37)32(45)40-25-12-10-20(17-24(25)34)22-7-4-5-8-28(22)50(3,46)47/h4-5,7-8,10-13,17-19H,6,9,14-16H2,1-3H3,(H,38,43)(H,39,44)(H,40,45). The van der Waals surface area contributed by atoms with E-state index in [1.807, 2.05) is 0 Å². The number of aromatic nitrogens is 2. The number of carbonyl (C=O) groups excluding carboxylic acids is 3. The van der Waals surface area contributed by atoms with Gasteiger partial charge in [-0.3, -0.25) is 14.4 Å². The normalized spacial score (nSPS) is 11.6. The van der Waals surface area contributed by atoms with Crippen LogP contribution in [0, 0.1) is 5.82 Å². The zero-order valence-corrected chi connectivity index (χ0v) is 27.9. The van der Waals surface area contributed by atoms with Gasteiger partial charge in [-0.15, -0.1) is 0 Å². The first-order valence-corrected chi connectivity index (χ1v) is 16.8. The van der Waals surface area contributed by atoms with Gasteiger partial charge in [0.05, 0.1) is 35.6 Å². The highest BCUT2D eigenvalue weighted by Gasteiger charge is 2.37. The second kappa shape index (κ2) is 15.9. The minimum Gasteiger partial charge on any atom is -0.497 e. The molecule has 3 aromatic carbocycles. The minimum absolute atomic E-state index is 0.0252. The Bertz CT molecular complexity index is 2000. The van der Waals surface area contributed by atoms with Gasteiger partial charge in [0.1, 0.15) is 17.3 Å². The second-order valence-corrected chi connectivity index (χ2v) is 12.8. The number of nitrogens with one attached hydrogen (secondary N) is 3. The first kappa shape index (κ1) is 37.5. The smallest absolute Gasteiger partial charge is 0.435 e. The fraction of sp³-hybridized carbons (Fsp3) is 0.273. The molecular formula is C33H33F4N5O7S. The van der Waals surface area contributed by atoms with Crippen LogP contribution in [0.2, 0.25) is 0 Å². The molecule has 1 aromatic heterocycles. The lowest BCUT2D eigenvalue weighted by molar-refractivity contribution is -0.141. The van der Waals surface area contributed by atoms with Crippen molar-refractivity contribution >= 4 is 33.2 Å². The first-order valence-electron chi connectivity index (χ1n) is 14.9. The third-order valence-electron chi connectivity index (χ3n) is 7.22. The highest BCUT2D eigenvalue weighted by Crippen LogP contribution is 2.33. The molecule has 0 aliphatic rings. The molecule has 0 aliphatic heterocycles. The number of carbonyl (C=O) groups is 3. The summed E-state index contributed by atoms with van der Waals surface area (Å²) < 4.78 is 92.1. The Morgan fingerprint density at radius 1 is 0.920 bits per heavy atom. The Kier molecular flexibility index (Phi) is 12.0. The van der Waals surface area contributed by atoms with E-state index in [2.05, 4.69) is 21.0 Å². The number of ether oxygens (including phenoxy) is 2. The molecule has 1 heterocycles. The van der Waals surface area contributed by atoms with Crippen molar-refractivity contribution < 1.29 is 49.8 Å². The fourth-order valence-electron chi connectivity index (χ4n) is 4.80. The van der Waals surface area contributed by atoms with E-state index < -0.39 is 50.7 Å². The molecular weight excluding hydrogens is 686 g/mol. The van der Waals surface area contributed by atoms with Crippen LogP contribution in [-0.2, 0) is 25.5 Å². The number of halogens is 4. The van der Waals surface area contributed by atoms with E-state index in [4.69, 9.17) is 9.47 Å². The van der Waals surface area contributed by atoms with Crippen molar-refractivity contribution in [2.45, 2.75) is 23.9 Å². The number of hydrogen-bond acceptors (Lipinski definition) is 8. The monoisotopic (exact) mass is 719 g/mol. The topological polar surface area (TPSA) is 158 Å². The Labute approximate surface area is 284 Å². The van der Waals surface area contributed by atoms with Gasteiger partial charge in [0.15, 0.2) is 15.5 Å². The van der Waals surface area contributed by atoms with Crippen molar-refractivity contribution in [3.05, 3.63) is 89.5 Å². The highest BCUT2D eigenvalue weighted by atomic mass is 32.2. The maximum absolute atomic E-state index is 15.3. The molecule has 0 unspecified atom stereocenters. The second-order valence-electron chi connectivity index (χ2n) is 10.8. The maximum Gasteiger partial charge on any atom is 0.435 e. The first-order chi connectivity index (χ1) is 23.6. The molecule has 0 bridgehead atoms. The molecule has 0 saturated carbocycles. The Morgan fingerprint density at radius 3 is 2.32 bits per heavy atom. The van der Waals surface area contributed by atoms with Crippen molar-refractivity contribution in [2.24, 2.45) is 0 Å². The summed E-state index contributed by atoms with van der Waals surface area (Å²) >= 11 is 0. The Morgan fingerprint density at radius 2 is 1.66 bits per heavy atom. The van der Waals surface area contributed by atoms with Gasteiger partial charge in [0.25, 0.3) is 11.8 Å². The van der Waals surface area contributed by atoms with Crippen molar-refractivity contribution in [1.29, 1.82) is 0 Å². The summed E-state index contributed by atoms with van der Waals surface area (Å²) in [6.07, 6.45) is -3.68. The lowest BCUT2D eigenvalue weighted by atomic mass is 10.0. The predicted molar refractivity (Wildman–Crippen MR) is 174 cm³/mol. The summed E-state index contributed by atoms with van der Waals surface area (Å²) in [4.78, 5) is 38.6. The Hall–Kier alpha value is -5.29. The number of benzene rings is 3. The van der Waals surface area contributed by atoms with Gasteiger partial charge in [-0.1, -0.05) is 24.3 Å². The van der Waals surface area contributed by atoms with Gasteiger partial charge in [-0.2, -0.15) is 18.3 Å². The summed E-state index contributed by atoms with van der Waals surface area (Å²) in [5.74, 6) is -3.05. The molecule has 17 heteroatoms. The zero-order chi connectivity index (χ0) is 36.6. The molecule has 0 atom stereocenters. The predicted octanol–water partition coefficient (Wildman–Crippen LogP) is 4.63. The van der Waals surface area contributed by atoms with Gasteiger partial charge in [-0.25, -0.2) is 17.5 Å². The van der Waals surface area contributed by atoms with Crippen LogP contribution in [0.15, 0.2) is 71.6 Å². The zero-order valence-electron chi connectivity index (χ0n) is 27.1. The minimum atomic E-state index is -5.00. The molecule has 50 heavy (non-hydrogen) atoms. The Balaban J connectivity index is 1.64. The lowest BCUT2D eigenvalue weighted by Gasteiger charge is -2.15. The molecule has 0 aliphatic carbocycles. The highest BCUT2D eigenvalue weighted by molar-refractivity contribution is 7.90. The van der Waals surface area contributed by atoms with Crippen molar-refractivity contribution in [3.63, 3.8) is 0 Å². The molecule has 3 amide bonds. The van der Waals surface area contributed by atoms with Crippen LogP contribution in [0.5, 0.6) is 5.75 Å². The summed E-state index contributed by atoms with van der Waals surface area (Å²) in [6.45, 7) is 0.665. The molecule has 0 fully saturated rings. The summed E-state index contributed by atoms with van der Waals surface area (Å²) in [7, 11) is -0.879. The number of hydrogen-bond donors (Lipinski definition) is 3. The lowest BCUT2D eigenvalue weighted by Crippen LogP contribution is -2.30. The quantitative estimate of drug-likeness (QED) is 0.126. The van der Waals surface area contributed by atoms with Gasteiger partial charge < -0.3 is 25.4 Å². The number of anilines is 1. The van der Waals surface area contributed by atoms with Crippen LogP contribution in [0.4, 0.5) is 23.2 Å². The molecule has 0 saturated heterocycles. The van der Waals surface area contributed by atoms with E-state index in [0.29, 0.717) is 23.9 Å². The molecule has 4 aromatic rings. The molecule has 4 rings (SSSR count). The number of nitrogens with zero attached hydrogens (tertiary/aromatic N) is 2. The number of rotatable bonds is 14. The van der Waals surface area contributed by atoms with Crippen LogP contribution in [0.25, 0.3) is 16.8 Å². The van der Waals surface area contributed by atoms with E-state index in [1.54, 1.807) is 6.07 Å². The van der Waals surface area contributed by atoms with Gasteiger partial charge >= 0.3 is 6.18 Å². The third-order valence-corrected chi connectivity index (χ3v) is 8.37. The maximum atomic E-state index is 15.3. The van der Waals surface area contributed by atoms with Crippen LogP contribution in [0.1, 0.15) is 39.4 Å². The fourth-order valence-corrected chi connectivity index (χ4v) is 5.71. The van der Waals surface area contributed by atoms with E-state index in [9.17, 15) is 36.0 Å². The van der Waals surface area contributed by atoms with Gasteiger partial charge in [0, 0.05) is 44.5 Å². The van der Waals surface area contributed by atoms with Crippen molar-refractivity contribution in [1.82, 2.24) is 20.4 Å². The van der Waals surface area contributed by atoms with Crippen LogP contribution >= 0.6 is 0 Å². The average Bonchev–Trinajstić information content (AvgIpc) is 3.53. The van der Waals surface area contributed by atoms with Crippen LogP contribution in [0.3, 0.4) is 0 Å². The summed E-state index contributed by atoms with van der Waals surface area (Å²) in [5.41, 5.74) is -2.63. The molecule has 266 valence electrons. The van der Waals surface area contributed by atoms with Gasteiger partial charge in [-0.05, 0) is 48.4 Å². The average molecular weight is 720 g/mol. The SMILES string of the molecule is COCCNC(=O)CCCNC(=O)c1cc(OC)ccc1-n1nc(C(F)(F)F)cc1C(=O)Nc1ccc(-c2ccccc2S(C)(=O)=O)cc1F. The number of methoxy groups -OCH3 is 2. The van der Waals surface area contributed by atoms with E-state index >= 15 is 4.39 Å². The summed E-state index contributed by atoms with van der Waals surface area (Å²) in [5, 5.41) is 11.0. The van der Waals surface area contributed by atoms with Crippen molar-refractivity contribution in [2.75, 3.05) is 45.5 Å². The van der Waals surface area contributed by atoms with E-state index in [0.717, 1.165) is 18.4 Å². The number of sulfone groups is 1. The number of alkyl halides is 3. The van der Waals surface area contributed by atoms with E-state index in [-0.39, 0.29) is 58.3 Å². The third kappa shape index (κ3) is 9.23. The van der Waals surface area contributed by atoms with Crippen molar-refractivity contribution in [3.8, 4) is 22.6 Å².